The van der Waals surface area contributed by atoms with Gasteiger partial charge in [0, 0.05) is 37.0 Å². The van der Waals surface area contributed by atoms with Gasteiger partial charge in [-0.15, -0.1) is 0 Å². The van der Waals surface area contributed by atoms with Crippen molar-refractivity contribution in [2.45, 2.75) is 19.4 Å². The topological polar surface area (TPSA) is 71.8 Å². The first kappa shape index (κ1) is 20.9. The smallest absolute Gasteiger partial charge is 0.253 e. The number of anilines is 1. The van der Waals surface area contributed by atoms with Gasteiger partial charge in [-0.2, -0.15) is 0 Å². The Kier molecular flexibility index (Phi) is 6.18. The first-order chi connectivity index (χ1) is 15.0. The van der Waals surface area contributed by atoms with E-state index < -0.39 is 0 Å². The van der Waals surface area contributed by atoms with Crippen molar-refractivity contribution in [1.82, 2.24) is 4.90 Å². The van der Waals surface area contributed by atoms with Crippen LogP contribution in [0.5, 0.6) is 0 Å². The minimum Gasteiger partial charge on any atom is -0.464 e. The van der Waals surface area contributed by atoms with Crippen LogP contribution in [0.25, 0.3) is 11.3 Å². The summed E-state index contributed by atoms with van der Waals surface area (Å²) < 4.78 is 11.0. The van der Waals surface area contributed by atoms with Crippen LogP contribution >= 0.6 is 0 Å². The van der Waals surface area contributed by atoms with E-state index in [2.05, 4.69) is 5.32 Å². The van der Waals surface area contributed by atoms with Crippen LogP contribution in [0.15, 0.2) is 71.3 Å². The average Bonchev–Trinajstić information content (AvgIpc) is 3.35. The fraction of sp³-hybridized carbons (Fsp3) is 0.280. The van der Waals surface area contributed by atoms with Crippen LogP contribution < -0.4 is 5.32 Å². The maximum absolute atomic E-state index is 13.3. The number of ether oxygens (including phenoxy) is 1. The Morgan fingerprint density at radius 3 is 2.58 bits per heavy atom. The molecular weight excluding hydrogens is 392 g/mol. The molecule has 2 unspecified atom stereocenters. The lowest BCUT2D eigenvalue weighted by molar-refractivity contribution is -0.123. The Hall–Kier alpha value is -3.38. The van der Waals surface area contributed by atoms with Crippen molar-refractivity contribution in [2.24, 2.45) is 5.92 Å². The lowest BCUT2D eigenvalue weighted by atomic mass is 9.94. The highest BCUT2D eigenvalue weighted by atomic mass is 16.5. The summed E-state index contributed by atoms with van der Waals surface area (Å²) in [6.45, 7) is 2.80. The first-order valence-corrected chi connectivity index (χ1v) is 10.4. The quantitative estimate of drug-likeness (QED) is 0.668. The molecule has 0 saturated carbocycles. The highest BCUT2D eigenvalue weighted by Crippen LogP contribution is 2.25. The van der Waals surface area contributed by atoms with Crippen LogP contribution in [0.3, 0.4) is 0 Å². The van der Waals surface area contributed by atoms with Crippen molar-refractivity contribution in [3.05, 3.63) is 78.1 Å². The third kappa shape index (κ3) is 4.86. The minimum absolute atomic E-state index is 0.104. The van der Waals surface area contributed by atoms with E-state index >= 15 is 0 Å². The summed E-state index contributed by atoms with van der Waals surface area (Å²) in [7, 11) is 1.62. The molecule has 3 aromatic rings. The van der Waals surface area contributed by atoms with E-state index in [0.29, 0.717) is 30.8 Å². The van der Waals surface area contributed by atoms with Crippen molar-refractivity contribution < 1.29 is 18.7 Å². The lowest BCUT2D eigenvalue weighted by Gasteiger charge is -2.36. The number of aryl methyl sites for hydroxylation is 1. The van der Waals surface area contributed by atoms with Gasteiger partial charge in [0.25, 0.3) is 5.91 Å². The van der Waals surface area contributed by atoms with Crippen molar-refractivity contribution >= 4 is 17.5 Å². The molecule has 4 rings (SSSR count). The second-order valence-electron chi connectivity index (χ2n) is 7.91. The average molecular weight is 418 g/mol. The van der Waals surface area contributed by atoms with Crippen molar-refractivity contribution in [3.63, 3.8) is 0 Å². The second-order valence-corrected chi connectivity index (χ2v) is 7.91. The minimum atomic E-state index is -0.350. The zero-order valence-corrected chi connectivity index (χ0v) is 17.7. The Morgan fingerprint density at radius 1 is 1.06 bits per heavy atom. The molecule has 2 atom stereocenters. The lowest BCUT2D eigenvalue weighted by Crippen LogP contribution is -2.49. The standard InChI is InChI=1S/C25H26N2O4/c1-17-8-10-21(11-9-17)26-24(28)20-14-22(30-2)16-27(15-20)25(29)19-6-3-5-18(13-19)23-7-4-12-31-23/h3-13,20,22H,14-16H2,1-2H3,(H,26,28). The van der Waals surface area contributed by atoms with E-state index in [1.807, 2.05) is 61.5 Å². The fourth-order valence-electron chi connectivity index (χ4n) is 3.89. The molecule has 2 aromatic carbocycles. The first-order valence-electron chi connectivity index (χ1n) is 10.4. The van der Waals surface area contributed by atoms with Gasteiger partial charge in [-0.1, -0.05) is 29.8 Å². The maximum atomic E-state index is 13.3. The Labute approximate surface area is 181 Å². The van der Waals surface area contributed by atoms with Crippen molar-refractivity contribution in [1.29, 1.82) is 0 Å². The van der Waals surface area contributed by atoms with Gasteiger partial charge in [0.05, 0.1) is 18.3 Å². The summed E-state index contributed by atoms with van der Waals surface area (Å²) in [4.78, 5) is 27.9. The number of carbonyl (C=O) groups excluding carboxylic acids is 2. The molecule has 160 valence electrons. The number of piperidine rings is 1. The highest BCUT2D eigenvalue weighted by molar-refractivity contribution is 5.97. The van der Waals surface area contributed by atoms with Gasteiger partial charge in [-0.3, -0.25) is 9.59 Å². The van der Waals surface area contributed by atoms with E-state index in [1.165, 1.54) is 0 Å². The number of amides is 2. The normalized spacial score (nSPS) is 18.6. The molecule has 1 N–H and O–H groups in total. The number of methoxy groups -OCH3 is 1. The summed E-state index contributed by atoms with van der Waals surface area (Å²) in [5.74, 6) is 0.131. The molecule has 1 fully saturated rings. The molecule has 1 aliphatic rings. The van der Waals surface area contributed by atoms with E-state index in [9.17, 15) is 9.59 Å². The molecule has 2 heterocycles. The van der Waals surface area contributed by atoms with E-state index in [1.54, 1.807) is 24.3 Å². The fourth-order valence-corrected chi connectivity index (χ4v) is 3.89. The number of furan rings is 1. The number of nitrogens with zero attached hydrogens (tertiary/aromatic N) is 1. The van der Waals surface area contributed by atoms with Gasteiger partial charge in [-0.25, -0.2) is 0 Å². The van der Waals surface area contributed by atoms with Crippen molar-refractivity contribution in [2.75, 3.05) is 25.5 Å². The summed E-state index contributed by atoms with van der Waals surface area (Å²) in [5.41, 5.74) is 3.27. The number of benzene rings is 2. The van der Waals surface area contributed by atoms with Gasteiger partial charge >= 0.3 is 0 Å². The third-order valence-corrected chi connectivity index (χ3v) is 5.64. The van der Waals surface area contributed by atoms with Crippen LogP contribution in [0.4, 0.5) is 5.69 Å². The van der Waals surface area contributed by atoms with Gasteiger partial charge in [0.1, 0.15) is 5.76 Å². The summed E-state index contributed by atoms with van der Waals surface area (Å²) in [6, 6.07) is 18.7. The molecule has 0 spiro atoms. The third-order valence-electron chi connectivity index (χ3n) is 5.64. The Morgan fingerprint density at radius 2 is 1.87 bits per heavy atom. The predicted molar refractivity (Wildman–Crippen MR) is 119 cm³/mol. The maximum Gasteiger partial charge on any atom is 0.253 e. The van der Waals surface area contributed by atoms with Crippen LogP contribution in [0.2, 0.25) is 0 Å². The highest BCUT2D eigenvalue weighted by Gasteiger charge is 2.34. The number of carbonyl (C=O) groups is 2. The Bertz CT molecular complexity index is 1040. The molecule has 6 nitrogen and oxygen atoms in total. The molecule has 1 aromatic heterocycles. The van der Waals surface area contributed by atoms with Gasteiger partial charge in [0.15, 0.2) is 0 Å². The van der Waals surface area contributed by atoms with Crippen LogP contribution in [0, 0.1) is 12.8 Å². The molecule has 1 aliphatic heterocycles. The van der Waals surface area contributed by atoms with Crippen LogP contribution in [0.1, 0.15) is 22.3 Å². The number of hydrogen-bond donors (Lipinski definition) is 1. The van der Waals surface area contributed by atoms with E-state index in [-0.39, 0.29) is 23.8 Å². The molecule has 0 aliphatic carbocycles. The molecule has 31 heavy (non-hydrogen) atoms. The van der Waals surface area contributed by atoms with E-state index in [0.717, 1.165) is 16.8 Å². The summed E-state index contributed by atoms with van der Waals surface area (Å²) in [5, 5.41) is 2.97. The van der Waals surface area contributed by atoms with Crippen molar-refractivity contribution in [3.8, 4) is 11.3 Å². The zero-order valence-electron chi connectivity index (χ0n) is 17.7. The molecular formula is C25H26N2O4. The molecule has 0 radical (unpaired) electrons. The van der Waals surface area contributed by atoms with Gasteiger partial charge < -0.3 is 19.4 Å². The van der Waals surface area contributed by atoms with Gasteiger partial charge in [0.2, 0.25) is 5.91 Å². The summed E-state index contributed by atoms with van der Waals surface area (Å²) >= 11 is 0. The Balaban J connectivity index is 1.50. The number of likely N-dealkylation sites (tertiary alicyclic amines) is 1. The molecule has 1 saturated heterocycles. The number of rotatable bonds is 5. The van der Waals surface area contributed by atoms with Crippen LogP contribution in [-0.2, 0) is 9.53 Å². The number of nitrogens with one attached hydrogen (secondary N) is 1. The monoisotopic (exact) mass is 418 g/mol. The largest absolute Gasteiger partial charge is 0.464 e. The summed E-state index contributed by atoms with van der Waals surface area (Å²) in [6.07, 6.45) is 1.99. The van der Waals surface area contributed by atoms with Crippen LogP contribution in [-0.4, -0.2) is 43.0 Å². The molecule has 2 amide bonds. The van der Waals surface area contributed by atoms with E-state index in [4.69, 9.17) is 9.15 Å². The van der Waals surface area contributed by atoms with Gasteiger partial charge in [-0.05, 0) is 49.7 Å². The SMILES string of the molecule is COC1CC(C(=O)Nc2ccc(C)cc2)CN(C(=O)c2cccc(-c3ccco3)c2)C1. The zero-order chi connectivity index (χ0) is 21.8. The second kappa shape index (κ2) is 9.18. The molecule has 6 heteroatoms. The molecule has 0 bridgehead atoms. The predicted octanol–water partition coefficient (Wildman–Crippen LogP) is 4.37. The number of hydrogen-bond acceptors (Lipinski definition) is 4.